The number of carbonyl (C=O) groups is 2. The van der Waals surface area contributed by atoms with Gasteiger partial charge in [0.1, 0.15) is 0 Å². The molecule has 21 heavy (non-hydrogen) atoms. The monoisotopic (exact) mass is 306 g/mol. The number of hydrogen-bond donors (Lipinski definition) is 0. The van der Waals surface area contributed by atoms with Gasteiger partial charge in [-0.25, -0.2) is 4.79 Å². The summed E-state index contributed by atoms with van der Waals surface area (Å²) < 4.78 is 10.0. The van der Waals surface area contributed by atoms with Crippen LogP contribution in [0.1, 0.15) is 17.9 Å². The molecular formula is C16H15ClO4. The number of alkyl halides is 1. The van der Waals surface area contributed by atoms with E-state index in [0.717, 1.165) is 5.56 Å². The minimum atomic E-state index is -1.73. The summed E-state index contributed by atoms with van der Waals surface area (Å²) in [7, 11) is 1.24. The molecule has 1 unspecified atom stereocenters. The summed E-state index contributed by atoms with van der Waals surface area (Å²) in [5.41, 5.74) is 0.868. The van der Waals surface area contributed by atoms with Gasteiger partial charge in [0.05, 0.1) is 13.0 Å². The van der Waals surface area contributed by atoms with Crippen molar-refractivity contribution in [3.63, 3.8) is 0 Å². The lowest BCUT2D eigenvalue weighted by Gasteiger charge is -2.41. The largest absolute Gasteiger partial charge is 0.465 e. The van der Waals surface area contributed by atoms with E-state index in [9.17, 15) is 9.59 Å². The van der Waals surface area contributed by atoms with Gasteiger partial charge in [-0.1, -0.05) is 54.1 Å². The van der Waals surface area contributed by atoms with E-state index in [1.165, 1.54) is 7.11 Å². The SMILES string of the molecule is COC(=O)C1(Cl)OC(=O)[C@H](c2ccccc2)[C@H]2C=CC[C@H]21. The smallest absolute Gasteiger partial charge is 0.366 e. The predicted molar refractivity (Wildman–Crippen MR) is 76.6 cm³/mol. The van der Waals surface area contributed by atoms with Gasteiger partial charge >= 0.3 is 11.9 Å². The number of halogens is 1. The molecule has 1 aliphatic heterocycles. The average molecular weight is 307 g/mol. The van der Waals surface area contributed by atoms with Gasteiger partial charge in [0, 0.05) is 11.8 Å². The molecule has 0 spiro atoms. The summed E-state index contributed by atoms with van der Waals surface area (Å²) in [4.78, 5) is 24.4. The number of ether oxygens (including phenoxy) is 2. The lowest BCUT2D eigenvalue weighted by atomic mass is 9.75. The zero-order chi connectivity index (χ0) is 15.0. The highest BCUT2D eigenvalue weighted by Crippen LogP contribution is 2.51. The number of methoxy groups -OCH3 is 1. The topological polar surface area (TPSA) is 52.6 Å². The van der Waals surface area contributed by atoms with Crippen LogP contribution in [0.3, 0.4) is 0 Å². The van der Waals surface area contributed by atoms with E-state index >= 15 is 0 Å². The minimum Gasteiger partial charge on any atom is -0.465 e. The number of benzene rings is 1. The van der Waals surface area contributed by atoms with Crippen molar-refractivity contribution < 1.29 is 19.1 Å². The first-order chi connectivity index (χ1) is 10.1. The highest BCUT2D eigenvalue weighted by Gasteiger charge is 2.59. The van der Waals surface area contributed by atoms with Crippen LogP contribution < -0.4 is 0 Å². The maximum absolute atomic E-state index is 12.4. The number of allylic oxidation sites excluding steroid dienone is 2. The van der Waals surface area contributed by atoms with Gasteiger partial charge in [-0.15, -0.1) is 0 Å². The summed E-state index contributed by atoms with van der Waals surface area (Å²) in [6.45, 7) is 0. The van der Waals surface area contributed by atoms with E-state index in [1.54, 1.807) is 0 Å². The van der Waals surface area contributed by atoms with Crippen LogP contribution in [0.25, 0.3) is 0 Å². The number of esters is 2. The van der Waals surface area contributed by atoms with Gasteiger partial charge in [0.25, 0.3) is 5.06 Å². The molecule has 1 aliphatic carbocycles. The Morgan fingerprint density at radius 1 is 1.38 bits per heavy atom. The Morgan fingerprint density at radius 3 is 2.76 bits per heavy atom. The van der Waals surface area contributed by atoms with E-state index in [2.05, 4.69) is 0 Å². The lowest BCUT2D eigenvalue weighted by molar-refractivity contribution is -0.186. The highest BCUT2D eigenvalue weighted by molar-refractivity contribution is 6.34. The van der Waals surface area contributed by atoms with Gasteiger partial charge in [0.15, 0.2) is 0 Å². The molecule has 2 aliphatic rings. The molecular weight excluding hydrogens is 292 g/mol. The third-order valence-corrected chi connectivity index (χ3v) is 4.71. The molecule has 0 bridgehead atoms. The van der Waals surface area contributed by atoms with Gasteiger partial charge < -0.3 is 9.47 Å². The van der Waals surface area contributed by atoms with E-state index in [0.29, 0.717) is 6.42 Å². The Hall–Kier alpha value is -1.81. The molecule has 1 aromatic carbocycles. The molecule has 1 fully saturated rings. The number of hydrogen-bond acceptors (Lipinski definition) is 4. The molecule has 1 heterocycles. The van der Waals surface area contributed by atoms with Crippen molar-refractivity contribution in [1.82, 2.24) is 0 Å². The van der Waals surface area contributed by atoms with Crippen LogP contribution in [0.4, 0.5) is 0 Å². The molecule has 1 aromatic rings. The lowest BCUT2D eigenvalue weighted by Crippen LogP contribution is -2.53. The summed E-state index contributed by atoms with van der Waals surface area (Å²) in [6.07, 6.45) is 4.47. The maximum Gasteiger partial charge on any atom is 0.366 e. The predicted octanol–water partition coefficient (Wildman–Crippen LogP) is 2.63. The average Bonchev–Trinajstić information content (AvgIpc) is 2.97. The van der Waals surface area contributed by atoms with Crippen molar-refractivity contribution in [3.8, 4) is 0 Å². The van der Waals surface area contributed by atoms with E-state index in [4.69, 9.17) is 21.1 Å². The summed E-state index contributed by atoms with van der Waals surface area (Å²) in [5.74, 6) is -2.12. The second-order valence-electron chi connectivity index (χ2n) is 5.29. The van der Waals surface area contributed by atoms with Crippen molar-refractivity contribution in [2.75, 3.05) is 7.11 Å². The Balaban J connectivity index is 2.00. The van der Waals surface area contributed by atoms with Crippen molar-refractivity contribution in [2.45, 2.75) is 17.4 Å². The Bertz CT molecular complexity index is 598. The number of cyclic esters (lactones) is 1. The first-order valence-corrected chi connectivity index (χ1v) is 7.17. The molecule has 0 saturated carbocycles. The third kappa shape index (κ3) is 2.14. The normalized spacial score (nSPS) is 34.2. The first kappa shape index (κ1) is 14.1. The van der Waals surface area contributed by atoms with E-state index in [1.807, 2.05) is 42.5 Å². The molecule has 0 aromatic heterocycles. The summed E-state index contributed by atoms with van der Waals surface area (Å²) in [5, 5.41) is -1.73. The van der Waals surface area contributed by atoms with Crippen molar-refractivity contribution in [1.29, 1.82) is 0 Å². The fraction of sp³-hybridized carbons (Fsp3) is 0.375. The fourth-order valence-corrected chi connectivity index (χ4v) is 3.60. The third-order valence-electron chi connectivity index (χ3n) is 4.20. The summed E-state index contributed by atoms with van der Waals surface area (Å²) >= 11 is 6.32. The maximum atomic E-state index is 12.4. The summed E-state index contributed by atoms with van der Waals surface area (Å²) in [6, 6.07) is 9.40. The Morgan fingerprint density at radius 2 is 2.10 bits per heavy atom. The Kier molecular flexibility index (Phi) is 3.49. The first-order valence-electron chi connectivity index (χ1n) is 6.79. The standard InChI is InChI=1S/C16H15ClO4/c1-20-15(19)16(17)12-9-5-8-11(12)13(14(18)21-16)10-6-3-2-4-7-10/h2-8,11-13H,9H2,1H3/t11-,12+,13+,16?/m0/s1. The number of fused-ring (bicyclic) bond motifs is 1. The van der Waals surface area contributed by atoms with Crippen molar-refractivity contribution in [2.24, 2.45) is 11.8 Å². The fourth-order valence-electron chi connectivity index (χ4n) is 3.21. The van der Waals surface area contributed by atoms with E-state index < -0.39 is 22.9 Å². The molecule has 4 atom stereocenters. The Labute approximate surface area is 127 Å². The zero-order valence-electron chi connectivity index (χ0n) is 11.5. The van der Waals surface area contributed by atoms with Crippen LogP contribution >= 0.6 is 11.6 Å². The van der Waals surface area contributed by atoms with Crippen molar-refractivity contribution in [3.05, 3.63) is 48.0 Å². The molecule has 3 rings (SSSR count). The number of rotatable bonds is 2. The molecule has 4 nitrogen and oxygen atoms in total. The zero-order valence-corrected chi connectivity index (χ0v) is 12.2. The molecule has 1 saturated heterocycles. The van der Waals surface area contributed by atoms with Crippen LogP contribution in [-0.4, -0.2) is 24.1 Å². The van der Waals surface area contributed by atoms with E-state index in [-0.39, 0.29) is 11.8 Å². The molecule has 0 amide bonds. The van der Waals surface area contributed by atoms with Crippen LogP contribution in [-0.2, 0) is 19.1 Å². The highest BCUT2D eigenvalue weighted by atomic mass is 35.5. The second-order valence-corrected chi connectivity index (χ2v) is 5.86. The molecule has 0 radical (unpaired) electrons. The van der Waals surface area contributed by atoms with Gasteiger partial charge in [-0.05, 0) is 12.0 Å². The van der Waals surface area contributed by atoms with Gasteiger partial charge in [-0.2, -0.15) is 0 Å². The number of carbonyl (C=O) groups excluding carboxylic acids is 2. The quantitative estimate of drug-likeness (QED) is 0.479. The molecule has 110 valence electrons. The van der Waals surface area contributed by atoms with Crippen molar-refractivity contribution >= 4 is 23.5 Å². The molecule has 5 heteroatoms. The second kappa shape index (κ2) is 5.19. The molecule has 0 N–H and O–H groups in total. The van der Waals surface area contributed by atoms with Gasteiger partial charge in [-0.3, -0.25) is 4.79 Å². The van der Waals surface area contributed by atoms with Crippen LogP contribution in [0, 0.1) is 11.8 Å². The van der Waals surface area contributed by atoms with Crippen LogP contribution in [0.2, 0.25) is 0 Å². The van der Waals surface area contributed by atoms with Gasteiger partial charge in [0.2, 0.25) is 0 Å². The van der Waals surface area contributed by atoms with Crippen LogP contribution in [0.5, 0.6) is 0 Å². The van der Waals surface area contributed by atoms with Crippen LogP contribution in [0.15, 0.2) is 42.5 Å². The minimum absolute atomic E-state index is 0.162.